The van der Waals surface area contributed by atoms with Crippen LogP contribution in [0.4, 0.5) is 13.2 Å². The predicted molar refractivity (Wildman–Crippen MR) is 71.9 cm³/mol. The number of hydrogen-bond acceptors (Lipinski definition) is 5. The third-order valence-electron chi connectivity index (χ3n) is 2.74. The zero-order chi connectivity index (χ0) is 17.2. The minimum absolute atomic E-state index is 0.0811. The van der Waals surface area contributed by atoms with E-state index in [1.54, 1.807) is 0 Å². The fraction of sp³-hybridized carbons (Fsp3) is 0.0714. The number of hydrogen-bond donors (Lipinski definition) is 0. The Morgan fingerprint density at radius 1 is 1.00 bits per heavy atom. The van der Waals surface area contributed by atoms with Crippen molar-refractivity contribution in [2.45, 2.75) is 4.90 Å². The molecule has 23 heavy (non-hydrogen) atoms. The van der Waals surface area contributed by atoms with E-state index < -0.39 is 44.2 Å². The first kappa shape index (κ1) is 16.8. The molecule has 5 nitrogen and oxygen atoms in total. The SMILES string of the molecule is COC(=O)c1ccccc1OS(=O)(=O)c1cc(F)c(F)cc1F. The van der Waals surface area contributed by atoms with Crippen LogP contribution in [0, 0.1) is 17.5 Å². The molecule has 122 valence electrons. The molecule has 2 aromatic rings. The van der Waals surface area contributed by atoms with Crippen LogP contribution < -0.4 is 4.18 Å². The van der Waals surface area contributed by atoms with E-state index in [-0.39, 0.29) is 17.7 Å². The van der Waals surface area contributed by atoms with E-state index in [2.05, 4.69) is 8.92 Å². The van der Waals surface area contributed by atoms with Crippen LogP contribution in [0.2, 0.25) is 0 Å². The monoisotopic (exact) mass is 346 g/mol. The van der Waals surface area contributed by atoms with Crippen LogP contribution in [0.15, 0.2) is 41.3 Å². The Balaban J connectivity index is 2.48. The van der Waals surface area contributed by atoms with E-state index in [1.807, 2.05) is 0 Å². The van der Waals surface area contributed by atoms with Crippen LogP contribution >= 0.6 is 0 Å². The van der Waals surface area contributed by atoms with Gasteiger partial charge in [0.15, 0.2) is 17.4 Å². The van der Waals surface area contributed by atoms with Gasteiger partial charge in [0.1, 0.15) is 16.3 Å². The fourth-order valence-electron chi connectivity index (χ4n) is 1.68. The van der Waals surface area contributed by atoms with Crippen LogP contribution in [0.1, 0.15) is 10.4 Å². The number of methoxy groups -OCH3 is 1. The first-order chi connectivity index (χ1) is 10.8. The lowest BCUT2D eigenvalue weighted by molar-refractivity contribution is 0.0599. The molecule has 0 spiro atoms. The summed E-state index contributed by atoms with van der Waals surface area (Å²) >= 11 is 0. The standard InChI is InChI=1S/C14H9F3O5S/c1-21-14(18)8-4-2-3-5-12(8)22-23(19,20)13-7-10(16)9(15)6-11(13)17/h2-7H,1H3. The molecule has 0 atom stereocenters. The van der Waals surface area contributed by atoms with Gasteiger partial charge < -0.3 is 8.92 Å². The predicted octanol–water partition coefficient (Wildman–Crippen LogP) is 2.66. The quantitative estimate of drug-likeness (QED) is 0.484. The number of para-hydroxylation sites is 1. The highest BCUT2D eigenvalue weighted by Gasteiger charge is 2.26. The van der Waals surface area contributed by atoms with Gasteiger partial charge in [0.25, 0.3) is 0 Å². The lowest BCUT2D eigenvalue weighted by atomic mass is 10.2. The number of halogens is 3. The van der Waals surface area contributed by atoms with Gasteiger partial charge in [0.05, 0.1) is 7.11 Å². The van der Waals surface area contributed by atoms with E-state index in [4.69, 9.17) is 0 Å². The third kappa shape index (κ3) is 3.45. The van der Waals surface area contributed by atoms with Crippen LogP contribution in [0.25, 0.3) is 0 Å². The molecule has 0 bridgehead atoms. The molecule has 0 saturated heterocycles. The second kappa shape index (κ2) is 6.29. The Morgan fingerprint density at radius 2 is 1.61 bits per heavy atom. The zero-order valence-electron chi connectivity index (χ0n) is 11.5. The average Bonchev–Trinajstić information content (AvgIpc) is 2.50. The smallest absolute Gasteiger partial charge is 0.342 e. The molecular weight excluding hydrogens is 337 g/mol. The Labute approximate surface area is 129 Å². The molecule has 0 aromatic heterocycles. The maximum absolute atomic E-state index is 13.6. The van der Waals surface area contributed by atoms with E-state index in [1.165, 1.54) is 18.2 Å². The second-order valence-corrected chi connectivity index (χ2v) is 5.74. The molecule has 0 aliphatic carbocycles. The molecule has 9 heteroatoms. The first-order valence-electron chi connectivity index (χ1n) is 6.02. The van der Waals surface area contributed by atoms with Gasteiger partial charge in [-0.3, -0.25) is 0 Å². The highest BCUT2D eigenvalue weighted by Crippen LogP contribution is 2.26. The molecule has 0 aliphatic heterocycles. The van der Waals surface area contributed by atoms with Crippen LogP contribution in [0.3, 0.4) is 0 Å². The summed E-state index contributed by atoms with van der Waals surface area (Å²) in [6.07, 6.45) is 0. The Morgan fingerprint density at radius 3 is 2.26 bits per heavy atom. The Kier molecular flexibility index (Phi) is 4.60. The number of benzene rings is 2. The van der Waals surface area contributed by atoms with E-state index >= 15 is 0 Å². The van der Waals surface area contributed by atoms with Crippen molar-refractivity contribution in [2.75, 3.05) is 7.11 Å². The maximum Gasteiger partial charge on any atom is 0.342 e. The summed E-state index contributed by atoms with van der Waals surface area (Å²) in [7, 11) is -3.76. The van der Waals surface area contributed by atoms with Gasteiger partial charge in [-0.25, -0.2) is 18.0 Å². The maximum atomic E-state index is 13.6. The topological polar surface area (TPSA) is 69.7 Å². The summed E-state index contributed by atoms with van der Waals surface area (Å²) in [6.45, 7) is 0. The van der Waals surface area contributed by atoms with Crippen molar-refractivity contribution < 1.29 is 35.3 Å². The molecule has 0 radical (unpaired) electrons. The van der Waals surface area contributed by atoms with Gasteiger partial charge in [-0.2, -0.15) is 8.42 Å². The van der Waals surface area contributed by atoms with Crippen molar-refractivity contribution in [3.63, 3.8) is 0 Å². The third-order valence-corrected chi connectivity index (χ3v) is 3.99. The summed E-state index contributed by atoms with van der Waals surface area (Å²) in [5, 5.41) is 0. The summed E-state index contributed by atoms with van der Waals surface area (Å²) in [5.74, 6) is -5.96. The number of carbonyl (C=O) groups excluding carboxylic acids is 1. The molecule has 0 heterocycles. The van der Waals surface area contributed by atoms with Gasteiger partial charge in [0, 0.05) is 12.1 Å². The number of carbonyl (C=O) groups is 1. The Hall–Kier alpha value is -2.55. The number of ether oxygens (including phenoxy) is 1. The van der Waals surface area contributed by atoms with Crippen molar-refractivity contribution in [1.82, 2.24) is 0 Å². The van der Waals surface area contributed by atoms with Gasteiger partial charge in [0.2, 0.25) is 0 Å². The number of esters is 1. The van der Waals surface area contributed by atoms with Crippen molar-refractivity contribution in [1.29, 1.82) is 0 Å². The van der Waals surface area contributed by atoms with Crippen LogP contribution in [0.5, 0.6) is 5.75 Å². The van der Waals surface area contributed by atoms with Crippen molar-refractivity contribution in [3.8, 4) is 5.75 Å². The lowest BCUT2D eigenvalue weighted by Crippen LogP contribution is -2.15. The van der Waals surface area contributed by atoms with Gasteiger partial charge in [-0.05, 0) is 12.1 Å². The largest absolute Gasteiger partial charge is 0.465 e. The summed E-state index contributed by atoms with van der Waals surface area (Å²) in [4.78, 5) is 10.3. The fourth-order valence-corrected chi connectivity index (χ4v) is 2.69. The van der Waals surface area contributed by atoms with E-state index in [0.29, 0.717) is 0 Å². The molecule has 0 aliphatic rings. The molecule has 0 fully saturated rings. The second-order valence-electron chi connectivity index (χ2n) is 4.22. The van der Waals surface area contributed by atoms with Crippen LogP contribution in [-0.2, 0) is 14.9 Å². The van der Waals surface area contributed by atoms with Crippen molar-refractivity contribution in [2.24, 2.45) is 0 Å². The van der Waals surface area contributed by atoms with E-state index in [0.717, 1.165) is 13.2 Å². The van der Waals surface area contributed by atoms with E-state index in [9.17, 15) is 26.4 Å². The number of rotatable bonds is 4. The molecule has 0 saturated carbocycles. The first-order valence-corrected chi connectivity index (χ1v) is 7.43. The summed E-state index contributed by atoms with van der Waals surface area (Å²) in [6, 6.07) is 5.36. The highest BCUT2D eigenvalue weighted by molar-refractivity contribution is 7.87. The van der Waals surface area contributed by atoms with Crippen molar-refractivity contribution >= 4 is 16.1 Å². The molecule has 0 unspecified atom stereocenters. The Bertz CT molecular complexity index is 865. The molecular formula is C14H9F3O5S. The lowest BCUT2D eigenvalue weighted by Gasteiger charge is -2.11. The minimum atomic E-state index is -4.84. The molecule has 0 N–H and O–H groups in total. The molecule has 2 rings (SSSR count). The highest BCUT2D eigenvalue weighted by atomic mass is 32.2. The minimum Gasteiger partial charge on any atom is -0.465 e. The average molecular weight is 346 g/mol. The normalized spacial score (nSPS) is 11.1. The zero-order valence-corrected chi connectivity index (χ0v) is 12.4. The summed E-state index contributed by atoms with van der Waals surface area (Å²) in [5.41, 5.74) is -0.235. The molecule has 0 amide bonds. The van der Waals surface area contributed by atoms with Crippen LogP contribution in [-0.4, -0.2) is 21.5 Å². The van der Waals surface area contributed by atoms with Gasteiger partial charge >= 0.3 is 16.1 Å². The van der Waals surface area contributed by atoms with Crippen molar-refractivity contribution in [3.05, 3.63) is 59.4 Å². The molecule has 2 aromatic carbocycles. The van der Waals surface area contributed by atoms with Gasteiger partial charge in [-0.15, -0.1) is 0 Å². The summed E-state index contributed by atoms with van der Waals surface area (Å²) < 4.78 is 72.8. The van der Waals surface area contributed by atoms with Gasteiger partial charge in [-0.1, -0.05) is 12.1 Å².